The fourth-order valence-electron chi connectivity index (χ4n) is 1.79. The van der Waals surface area contributed by atoms with Crippen LogP contribution in [0.25, 0.3) is 0 Å². The molecule has 0 radical (unpaired) electrons. The van der Waals surface area contributed by atoms with Crippen molar-refractivity contribution in [3.05, 3.63) is 35.4 Å². The number of carbonyl (C=O) groups is 1. The van der Waals surface area contributed by atoms with E-state index in [0.717, 1.165) is 24.0 Å². The first kappa shape index (κ1) is 15.7. The molecule has 0 aromatic heterocycles. The van der Waals surface area contributed by atoms with Crippen molar-refractivity contribution >= 4 is 5.91 Å². The lowest BCUT2D eigenvalue weighted by molar-refractivity contribution is -0.122. The lowest BCUT2D eigenvalue weighted by Crippen LogP contribution is -2.34. The van der Waals surface area contributed by atoms with Gasteiger partial charge in [-0.15, -0.1) is 0 Å². The minimum Gasteiger partial charge on any atom is -0.396 e. The number of nitrogens with one attached hydrogen (secondary N) is 1. The number of nitrogens with two attached hydrogens (primary N) is 1. The maximum atomic E-state index is 11.9. The molecule has 4 nitrogen and oxygen atoms in total. The zero-order chi connectivity index (χ0) is 14.3. The van der Waals surface area contributed by atoms with E-state index in [0.29, 0.717) is 6.54 Å². The van der Waals surface area contributed by atoms with Crippen molar-refractivity contribution in [1.82, 2.24) is 5.32 Å². The molecule has 4 N–H and O–H groups in total. The van der Waals surface area contributed by atoms with E-state index in [9.17, 15) is 4.79 Å². The molecule has 1 aromatic rings. The van der Waals surface area contributed by atoms with Gasteiger partial charge in [0.05, 0.1) is 0 Å². The van der Waals surface area contributed by atoms with E-state index in [4.69, 9.17) is 10.8 Å². The Hall–Kier alpha value is -1.39. The van der Waals surface area contributed by atoms with Gasteiger partial charge in [0.1, 0.15) is 6.04 Å². The maximum absolute atomic E-state index is 11.9. The van der Waals surface area contributed by atoms with Crippen LogP contribution in [0.3, 0.4) is 0 Å². The molecule has 0 bridgehead atoms. The molecule has 2 unspecified atom stereocenters. The number of aryl methyl sites for hydroxylation is 1. The number of benzene rings is 1. The number of amides is 1. The molecule has 1 aromatic carbocycles. The second kappa shape index (κ2) is 7.92. The van der Waals surface area contributed by atoms with Crippen molar-refractivity contribution in [2.75, 3.05) is 13.2 Å². The largest absolute Gasteiger partial charge is 0.396 e. The lowest BCUT2D eigenvalue weighted by Gasteiger charge is -2.13. The van der Waals surface area contributed by atoms with Crippen LogP contribution in [0.4, 0.5) is 0 Å². The van der Waals surface area contributed by atoms with Gasteiger partial charge in [-0.3, -0.25) is 4.79 Å². The van der Waals surface area contributed by atoms with Gasteiger partial charge in [-0.25, -0.2) is 0 Å². The highest BCUT2D eigenvalue weighted by atomic mass is 16.3. The number of rotatable bonds is 7. The van der Waals surface area contributed by atoms with E-state index in [1.807, 2.05) is 38.1 Å². The molecule has 0 fully saturated rings. The second-order valence-electron chi connectivity index (χ2n) is 5.11. The summed E-state index contributed by atoms with van der Waals surface area (Å²) in [7, 11) is 0. The minimum atomic E-state index is -0.615. The van der Waals surface area contributed by atoms with Crippen LogP contribution in [0, 0.1) is 12.8 Å². The zero-order valence-corrected chi connectivity index (χ0v) is 11.7. The number of hydrogen-bond donors (Lipinski definition) is 3. The number of carbonyl (C=O) groups excluding carboxylic acids is 1. The summed E-state index contributed by atoms with van der Waals surface area (Å²) in [6.45, 7) is 4.77. The minimum absolute atomic E-state index is 0.152. The molecule has 106 valence electrons. The van der Waals surface area contributed by atoms with Crippen LogP contribution in [0.2, 0.25) is 0 Å². The topological polar surface area (TPSA) is 75.4 Å². The standard InChI is InChI=1S/C15H24N2O2/c1-11-5-7-13(8-6-11)14(16)15(19)17-9-3-4-12(2)10-18/h5-8,12,14,18H,3-4,9-10,16H2,1-2H3,(H,17,19). The Labute approximate surface area is 115 Å². The molecule has 4 heteroatoms. The Kier molecular flexibility index (Phi) is 6.53. The van der Waals surface area contributed by atoms with Gasteiger partial charge in [0.2, 0.25) is 5.91 Å². The third-order valence-corrected chi connectivity index (χ3v) is 3.20. The van der Waals surface area contributed by atoms with Crippen LogP contribution in [0.5, 0.6) is 0 Å². The highest BCUT2D eigenvalue weighted by Gasteiger charge is 2.14. The van der Waals surface area contributed by atoms with Crippen LogP contribution in [0.15, 0.2) is 24.3 Å². The first-order valence-corrected chi connectivity index (χ1v) is 6.75. The predicted molar refractivity (Wildman–Crippen MR) is 76.6 cm³/mol. The summed E-state index contributed by atoms with van der Waals surface area (Å²) in [5.41, 5.74) is 7.88. The smallest absolute Gasteiger partial charge is 0.241 e. The third-order valence-electron chi connectivity index (χ3n) is 3.20. The number of aliphatic hydroxyl groups excluding tert-OH is 1. The molecule has 0 aliphatic carbocycles. The molecule has 0 spiro atoms. The summed E-state index contributed by atoms with van der Waals surface area (Å²) in [5.74, 6) is 0.128. The molecule has 0 heterocycles. The first-order chi connectivity index (χ1) is 9.04. The van der Waals surface area contributed by atoms with E-state index in [2.05, 4.69) is 5.32 Å². The van der Waals surface area contributed by atoms with Gasteiger partial charge < -0.3 is 16.2 Å². The van der Waals surface area contributed by atoms with Crippen LogP contribution in [0.1, 0.15) is 36.9 Å². The van der Waals surface area contributed by atoms with Crippen LogP contribution >= 0.6 is 0 Å². The molecule has 1 rings (SSSR count). The van der Waals surface area contributed by atoms with Gasteiger partial charge in [-0.05, 0) is 31.2 Å². The molecule has 0 aliphatic rings. The average molecular weight is 264 g/mol. The molecular formula is C15H24N2O2. The molecular weight excluding hydrogens is 240 g/mol. The van der Waals surface area contributed by atoms with Crippen LogP contribution < -0.4 is 11.1 Å². The molecule has 0 saturated heterocycles. The molecule has 0 saturated carbocycles. The summed E-state index contributed by atoms with van der Waals surface area (Å²) < 4.78 is 0. The van der Waals surface area contributed by atoms with Crippen molar-refractivity contribution in [2.45, 2.75) is 32.7 Å². The van der Waals surface area contributed by atoms with E-state index in [1.165, 1.54) is 0 Å². The summed E-state index contributed by atoms with van der Waals surface area (Å²) in [6, 6.07) is 7.05. The fourth-order valence-corrected chi connectivity index (χ4v) is 1.79. The SMILES string of the molecule is Cc1ccc(C(N)C(=O)NCCCC(C)CO)cc1. The van der Waals surface area contributed by atoms with Gasteiger partial charge in [0, 0.05) is 13.2 Å². The van der Waals surface area contributed by atoms with Crippen LogP contribution in [-0.2, 0) is 4.79 Å². The maximum Gasteiger partial charge on any atom is 0.241 e. The monoisotopic (exact) mass is 264 g/mol. The van der Waals surface area contributed by atoms with Crippen molar-refractivity contribution in [1.29, 1.82) is 0 Å². The normalized spacial score (nSPS) is 13.9. The lowest BCUT2D eigenvalue weighted by atomic mass is 10.0. The molecule has 0 aliphatic heterocycles. The highest BCUT2D eigenvalue weighted by Crippen LogP contribution is 2.11. The number of hydrogen-bond acceptors (Lipinski definition) is 3. The van der Waals surface area contributed by atoms with Gasteiger partial charge in [0.15, 0.2) is 0 Å². The predicted octanol–water partition coefficient (Wildman–Crippen LogP) is 1.52. The zero-order valence-electron chi connectivity index (χ0n) is 11.7. The Balaban J connectivity index is 2.35. The van der Waals surface area contributed by atoms with Gasteiger partial charge in [0.25, 0.3) is 0 Å². The Morgan fingerprint density at radius 2 is 2.00 bits per heavy atom. The Morgan fingerprint density at radius 1 is 1.37 bits per heavy atom. The van der Waals surface area contributed by atoms with E-state index >= 15 is 0 Å². The Morgan fingerprint density at radius 3 is 2.58 bits per heavy atom. The van der Waals surface area contributed by atoms with Gasteiger partial charge >= 0.3 is 0 Å². The quantitative estimate of drug-likeness (QED) is 0.654. The molecule has 2 atom stereocenters. The first-order valence-electron chi connectivity index (χ1n) is 6.75. The molecule has 19 heavy (non-hydrogen) atoms. The van der Waals surface area contributed by atoms with E-state index in [1.54, 1.807) is 0 Å². The van der Waals surface area contributed by atoms with Crippen molar-refractivity contribution < 1.29 is 9.90 Å². The average Bonchev–Trinajstić information content (AvgIpc) is 2.43. The fraction of sp³-hybridized carbons (Fsp3) is 0.533. The summed E-state index contributed by atoms with van der Waals surface area (Å²) >= 11 is 0. The second-order valence-corrected chi connectivity index (χ2v) is 5.11. The van der Waals surface area contributed by atoms with Crippen molar-refractivity contribution in [3.8, 4) is 0 Å². The summed E-state index contributed by atoms with van der Waals surface area (Å²) in [5, 5.41) is 11.7. The molecule has 1 amide bonds. The van der Waals surface area contributed by atoms with E-state index in [-0.39, 0.29) is 18.4 Å². The highest BCUT2D eigenvalue weighted by molar-refractivity contribution is 5.82. The van der Waals surface area contributed by atoms with Crippen LogP contribution in [-0.4, -0.2) is 24.2 Å². The van der Waals surface area contributed by atoms with Crippen molar-refractivity contribution in [3.63, 3.8) is 0 Å². The van der Waals surface area contributed by atoms with E-state index < -0.39 is 6.04 Å². The Bertz CT molecular complexity index is 390. The van der Waals surface area contributed by atoms with Gasteiger partial charge in [-0.2, -0.15) is 0 Å². The summed E-state index contributed by atoms with van der Waals surface area (Å²) in [4.78, 5) is 11.9. The third kappa shape index (κ3) is 5.41. The summed E-state index contributed by atoms with van der Waals surface area (Å²) in [6.07, 6.45) is 1.75. The van der Waals surface area contributed by atoms with Gasteiger partial charge in [-0.1, -0.05) is 36.8 Å². The number of aliphatic hydroxyl groups is 1. The van der Waals surface area contributed by atoms with Crippen molar-refractivity contribution in [2.24, 2.45) is 11.7 Å².